The molecule has 0 amide bonds. The minimum absolute atomic E-state index is 0.0952. The third-order valence-corrected chi connectivity index (χ3v) is 28.3. The number of non-ortho nitro benzene ring substituents is 1. The van der Waals surface area contributed by atoms with Crippen LogP contribution in [0.2, 0.25) is 0 Å². The van der Waals surface area contributed by atoms with E-state index in [1.165, 1.54) is 119 Å². The lowest BCUT2D eigenvalue weighted by Gasteiger charge is -2.32. The summed E-state index contributed by atoms with van der Waals surface area (Å²) < 4.78 is 23.4. The Morgan fingerprint density at radius 1 is 0.324 bits per heavy atom. The summed E-state index contributed by atoms with van der Waals surface area (Å²) in [6, 6.07) is 66.5. The number of aryl methyl sites for hydroxylation is 6. The van der Waals surface area contributed by atoms with Crippen LogP contribution >= 0.6 is 27.3 Å². The van der Waals surface area contributed by atoms with Gasteiger partial charge in [-0.05, 0) is 424 Å². The molecule has 11 aromatic carbocycles. The summed E-state index contributed by atoms with van der Waals surface area (Å²) in [4.78, 5) is 37.4. The van der Waals surface area contributed by atoms with Crippen LogP contribution in [-0.2, 0) is 18.8 Å². The van der Waals surface area contributed by atoms with E-state index in [2.05, 4.69) is 255 Å². The molecule has 700 valence electrons. The Kier molecular flexibility index (Phi) is 36.9. The monoisotopic (exact) mass is 1890 g/mol. The molecule has 12 aromatic rings. The molecule has 0 bridgehead atoms. The number of nitro benzene ring substituents is 1. The van der Waals surface area contributed by atoms with Gasteiger partial charge >= 0.3 is 19.1 Å². The molecule has 1 aliphatic rings. The lowest BCUT2D eigenvalue weighted by molar-refractivity contribution is -0.384. The summed E-state index contributed by atoms with van der Waals surface area (Å²) in [7, 11) is 2.19. The van der Waals surface area contributed by atoms with Crippen molar-refractivity contribution in [2.24, 2.45) is 0 Å². The molecule has 0 aliphatic carbocycles. The van der Waals surface area contributed by atoms with E-state index < -0.39 is 24.3 Å². The maximum atomic E-state index is 12.3. The smallest absolute Gasteiger partial charge is 0.465 e. The highest BCUT2D eigenvalue weighted by molar-refractivity contribution is 9.10. The topological polar surface area (TPSA) is 114 Å². The van der Waals surface area contributed by atoms with Crippen LogP contribution in [0.5, 0.6) is 0 Å². The largest absolute Gasteiger partial charge is 0.495 e. The van der Waals surface area contributed by atoms with Crippen LogP contribution in [0.4, 0.5) is 5.69 Å². The molecular weight excluding hydrogens is 1750 g/mol. The van der Waals surface area contributed by atoms with Crippen molar-refractivity contribution in [1.82, 2.24) is 0 Å². The van der Waals surface area contributed by atoms with Gasteiger partial charge in [0, 0.05) is 26.4 Å². The second-order valence-corrected chi connectivity index (χ2v) is 38.8. The standard InChI is InChI=1S/C26H31BO4.C22H26.C21H24.C20H19BrO2.C19H19NO2.C16H16S/c1-16(2)19-10-12-20(13-11-19)18(4)22-15-21(24(28)29-9)14-17(3)23(22)27-30-25(5,6)26(7,8)31-27;1-13(2)20-9-11-21(12-10-20)19(8)22-17(6)15(4)14(3)16(5)18(22)7;1-13(2)19-8-10-20(11-9-19)18(7)21-15(4)12-14(3)16(5)17(21)6;1-12(2)15-6-8-16(9-7-15)14(4)18-11-17(20(22)23-5)10-13(3)19(18)21;1-12(2)16-6-8-17(9-7-16)15(5)19-11-18(20(21)22)10-13(3)14(19)4;1-11(2)14-6-8-15(9-7-14)13(4)16-10-5-12(3)17-16/h10-15H,1,4H2,2-3,5-9H3;9-12H,1,8H2,2-7H3;8-12H,1,7H2,2-6H3;6-11H,1,4H2,2-3,5H3;6-11H,1,5H2,2-4H3;5-10H,1,4H2,2-3H3. The van der Waals surface area contributed by atoms with Crippen molar-refractivity contribution < 1.29 is 33.3 Å². The number of methoxy groups -OCH3 is 2. The molecule has 0 spiro atoms. The molecule has 12 heteroatoms. The molecule has 1 aromatic heterocycles. The zero-order valence-corrected chi connectivity index (χ0v) is 87.5. The number of carbonyl (C=O) groups excluding carboxylic acids is 2. The highest BCUT2D eigenvalue weighted by atomic mass is 79.9. The molecule has 0 unspecified atom stereocenters. The maximum Gasteiger partial charge on any atom is 0.495 e. The van der Waals surface area contributed by atoms with E-state index in [1.54, 1.807) is 35.6 Å². The summed E-state index contributed by atoms with van der Waals surface area (Å²) >= 11 is 5.38. The highest BCUT2D eigenvalue weighted by Gasteiger charge is 2.53. The average Bonchev–Trinajstić information content (AvgIpc) is 1.59. The molecule has 0 atom stereocenters. The van der Waals surface area contributed by atoms with Crippen molar-refractivity contribution in [2.75, 3.05) is 14.2 Å². The quantitative estimate of drug-likeness (QED) is 0.0285. The fourth-order valence-electron chi connectivity index (χ4n) is 16.0. The van der Waals surface area contributed by atoms with Gasteiger partial charge in [0.2, 0.25) is 0 Å². The number of nitro groups is 1. The molecule has 0 saturated carbocycles. The molecule has 1 fully saturated rings. The van der Waals surface area contributed by atoms with Crippen LogP contribution in [0.3, 0.4) is 0 Å². The molecule has 1 saturated heterocycles. The van der Waals surface area contributed by atoms with Gasteiger partial charge < -0.3 is 18.8 Å². The number of nitrogens with zero attached hydrogens (tertiary/aromatic N) is 1. The Morgan fingerprint density at radius 3 is 0.956 bits per heavy atom. The molecule has 9 nitrogen and oxygen atoms in total. The third-order valence-electron chi connectivity index (χ3n) is 26.2. The number of rotatable bonds is 22. The van der Waals surface area contributed by atoms with Crippen molar-refractivity contribution in [3.63, 3.8) is 0 Å². The number of hydrogen-bond acceptors (Lipinski definition) is 9. The fourth-order valence-corrected chi connectivity index (χ4v) is 17.3. The van der Waals surface area contributed by atoms with Crippen LogP contribution in [0, 0.1) is 107 Å². The molecule has 136 heavy (non-hydrogen) atoms. The SMILES string of the molecule is C=C(C)c1ccc(C(=C)c2c(C)c(C)c(C)c(C)c2C)cc1.C=C(C)c1ccc(C(=C)c2c(C)cc(C)c(C)c2C)cc1.C=C(C)c1ccc(C(=C)c2cc(C(=O)OC)cc(C)c2B2OC(C)(C)C(C)(C)O2)cc1.C=C(C)c1ccc(C(=C)c2cc(C(=O)OC)cc(C)c2Br)cc1.C=C(C)c1ccc(C(=C)c2cc([N+](=O)[O-])cc(C)c2C)cc1.C=C(C)c1ccc(C(=C)c2ccc(C)s2)cc1. The number of carbonyl (C=O) groups is 2. The van der Waals surface area contributed by atoms with Gasteiger partial charge in [0.1, 0.15) is 0 Å². The van der Waals surface area contributed by atoms with Gasteiger partial charge in [-0.15, -0.1) is 11.3 Å². The summed E-state index contributed by atoms with van der Waals surface area (Å²) in [5, 5.41) is 11.1. The first-order chi connectivity index (χ1) is 63.7. The van der Waals surface area contributed by atoms with E-state index >= 15 is 0 Å². The number of benzene rings is 11. The highest BCUT2D eigenvalue weighted by Crippen LogP contribution is 2.42. The maximum absolute atomic E-state index is 12.3. The van der Waals surface area contributed by atoms with E-state index in [0.29, 0.717) is 11.1 Å². The summed E-state index contributed by atoms with van der Waals surface area (Å²) in [5.41, 5.74) is 47.2. The number of esters is 2. The number of thiophene rings is 1. The van der Waals surface area contributed by atoms with Gasteiger partial charge in [0.05, 0.1) is 41.5 Å². The van der Waals surface area contributed by atoms with Crippen LogP contribution < -0.4 is 5.46 Å². The Balaban J connectivity index is 0.000000202. The second-order valence-electron chi connectivity index (χ2n) is 36.7. The van der Waals surface area contributed by atoms with E-state index in [1.807, 2.05) is 182 Å². The van der Waals surface area contributed by atoms with Crippen LogP contribution in [0.15, 0.2) is 284 Å². The second kappa shape index (κ2) is 46.4. The van der Waals surface area contributed by atoms with Crippen molar-refractivity contribution in [3.05, 3.63) is 482 Å². The molecule has 0 N–H and O–H groups in total. The Labute approximate surface area is 824 Å². The Morgan fingerprint density at radius 2 is 0.618 bits per heavy atom. The Bertz CT molecular complexity index is 6690. The van der Waals surface area contributed by atoms with E-state index in [9.17, 15) is 19.7 Å². The van der Waals surface area contributed by atoms with Crippen LogP contribution in [0.25, 0.3) is 66.9 Å². The Hall–Kier alpha value is -13.2. The first-order valence-electron chi connectivity index (χ1n) is 45.4. The van der Waals surface area contributed by atoms with Crippen LogP contribution in [0.1, 0.15) is 267 Å². The van der Waals surface area contributed by atoms with Crippen molar-refractivity contribution >= 4 is 124 Å². The van der Waals surface area contributed by atoms with Gasteiger partial charge in [-0.3, -0.25) is 10.1 Å². The number of allylic oxidation sites excluding steroid dienone is 6. The number of ether oxygens (including phenoxy) is 2. The lowest BCUT2D eigenvalue weighted by atomic mass is 9.70. The van der Waals surface area contributed by atoms with Gasteiger partial charge in [-0.25, -0.2) is 9.59 Å². The first-order valence-corrected chi connectivity index (χ1v) is 47.0. The van der Waals surface area contributed by atoms with Gasteiger partial charge in [-0.2, -0.15) is 0 Å². The van der Waals surface area contributed by atoms with Gasteiger partial charge in [0.25, 0.3) is 5.69 Å². The van der Waals surface area contributed by atoms with Crippen LogP contribution in [-0.4, -0.2) is 49.4 Å². The molecule has 0 radical (unpaired) electrons. The average molecular weight is 1890 g/mol. The third kappa shape index (κ3) is 25.9. The van der Waals surface area contributed by atoms with E-state index in [4.69, 9.17) is 18.8 Å². The minimum atomic E-state index is -0.571. The van der Waals surface area contributed by atoms with E-state index in [0.717, 1.165) is 149 Å². The fraction of sp³-hybridized carbons (Fsp3) is 0.226. The number of halogens is 1. The number of hydrogen-bond donors (Lipinski definition) is 0. The zero-order valence-electron chi connectivity index (χ0n) is 85.1. The van der Waals surface area contributed by atoms with Gasteiger partial charge in [0.15, 0.2) is 0 Å². The molecule has 13 rings (SSSR count). The van der Waals surface area contributed by atoms with Gasteiger partial charge in [-0.1, -0.05) is 264 Å². The van der Waals surface area contributed by atoms with Crippen molar-refractivity contribution in [2.45, 2.75) is 177 Å². The summed E-state index contributed by atoms with van der Waals surface area (Å²) in [6.45, 7) is 99.0. The molecule has 1 aliphatic heterocycles. The first kappa shape index (κ1) is 108. The summed E-state index contributed by atoms with van der Waals surface area (Å²) in [5.74, 6) is -0.748. The summed E-state index contributed by atoms with van der Waals surface area (Å²) in [6.07, 6.45) is 0. The predicted molar refractivity (Wildman–Crippen MR) is 591 cm³/mol. The van der Waals surface area contributed by atoms with Crippen molar-refractivity contribution in [1.29, 1.82) is 0 Å². The van der Waals surface area contributed by atoms with E-state index in [-0.39, 0.29) is 16.6 Å². The lowest BCUT2D eigenvalue weighted by Crippen LogP contribution is -2.41. The molecule has 2 heterocycles. The molecular formula is C124H135BBrNO8S. The van der Waals surface area contributed by atoms with Crippen molar-refractivity contribution in [3.8, 4) is 0 Å². The minimum Gasteiger partial charge on any atom is -0.465 e. The predicted octanol–water partition coefficient (Wildman–Crippen LogP) is 33.6. The zero-order chi connectivity index (χ0) is 101. The normalized spacial score (nSPS) is 11.9.